The fraction of sp³-hybridized carbons (Fsp3) is 0.348. The third-order valence-electron chi connectivity index (χ3n) is 5.44. The summed E-state index contributed by atoms with van der Waals surface area (Å²) in [6, 6.07) is 12.9. The topological polar surface area (TPSA) is 84.9 Å². The molecule has 0 saturated carbocycles. The number of hydrogen-bond donors (Lipinski definition) is 1. The fourth-order valence-electron chi connectivity index (χ4n) is 3.85. The molecule has 1 heterocycles. The average Bonchev–Trinajstić information content (AvgIpc) is 3.20. The second-order valence-corrected chi connectivity index (χ2v) is 7.61. The first kappa shape index (κ1) is 19.9. The Balaban J connectivity index is 1.39. The molecule has 2 aromatic rings. The molecule has 2 atom stereocenters. The van der Waals surface area contributed by atoms with Gasteiger partial charge in [-0.1, -0.05) is 18.2 Å². The molecular formula is C23H24N2O5. The van der Waals surface area contributed by atoms with Gasteiger partial charge in [0.25, 0.3) is 5.91 Å². The first-order valence-corrected chi connectivity index (χ1v) is 10.1. The van der Waals surface area contributed by atoms with E-state index in [9.17, 15) is 14.4 Å². The van der Waals surface area contributed by atoms with Crippen LogP contribution >= 0.6 is 0 Å². The molecule has 1 aliphatic heterocycles. The van der Waals surface area contributed by atoms with E-state index in [1.165, 1.54) is 29.9 Å². The number of fused-ring (bicyclic) bond motifs is 2. The Morgan fingerprint density at radius 1 is 1.13 bits per heavy atom. The van der Waals surface area contributed by atoms with Gasteiger partial charge in [-0.2, -0.15) is 0 Å². The molecule has 0 radical (unpaired) electrons. The van der Waals surface area contributed by atoms with Crippen molar-refractivity contribution in [3.05, 3.63) is 53.6 Å². The van der Waals surface area contributed by atoms with Crippen molar-refractivity contribution in [1.82, 2.24) is 0 Å². The lowest BCUT2D eigenvalue weighted by molar-refractivity contribution is -0.160. The highest BCUT2D eigenvalue weighted by Crippen LogP contribution is 2.33. The summed E-state index contributed by atoms with van der Waals surface area (Å²) in [5.41, 5.74) is 3.86. The lowest BCUT2D eigenvalue weighted by atomic mass is 10.1. The maximum atomic E-state index is 12.6. The molecule has 30 heavy (non-hydrogen) atoms. The minimum absolute atomic E-state index is 0.0321. The summed E-state index contributed by atoms with van der Waals surface area (Å²) in [6.07, 6.45) is 1.20. The number of para-hydroxylation sites is 2. The van der Waals surface area contributed by atoms with E-state index in [0.29, 0.717) is 17.1 Å². The number of hydrogen-bond acceptors (Lipinski definition) is 5. The van der Waals surface area contributed by atoms with Gasteiger partial charge in [0.15, 0.2) is 6.10 Å². The highest BCUT2D eigenvalue weighted by molar-refractivity contribution is 5.97. The van der Waals surface area contributed by atoms with Gasteiger partial charge >= 0.3 is 5.97 Å². The molecule has 0 unspecified atom stereocenters. The van der Waals surface area contributed by atoms with Crippen LogP contribution in [-0.4, -0.2) is 36.5 Å². The fourth-order valence-corrected chi connectivity index (χ4v) is 3.85. The van der Waals surface area contributed by atoms with E-state index in [0.717, 1.165) is 19.3 Å². The van der Waals surface area contributed by atoms with Gasteiger partial charge in [-0.15, -0.1) is 0 Å². The third kappa shape index (κ3) is 4.01. The van der Waals surface area contributed by atoms with E-state index < -0.39 is 24.1 Å². The number of carbonyl (C=O) groups is 3. The predicted octanol–water partition coefficient (Wildman–Crippen LogP) is 2.86. The number of esters is 1. The van der Waals surface area contributed by atoms with Crippen molar-refractivity contribution in [3.63, 3.8) is 0 Å². The van der Waals surface area contributed by atoms with Crippen LogP contribution in [0.1, 0.15) is 31.4 Å². The molecular weight excluding hydrogens is 384 g/mol. The van der Waals surface area contributed by atoms with Gasteiger partial charge in [0.1, 0.15) is 5.75 Å². The van der Waals surface area contributed by atoms with E-state index in [-0.39, 0.29) is 12.5 Å². The molecule has 0 spiro atoms. The molecule has 0 saturated heterocycles. The van der Waals surface area contributed by atoms with Crippen molar-refractivity contribution in [2.45, 2.75) is 45.3 Å². The Hall–Kier alpha value is -3.35. The quantitative estimate of drug-likeness (QED) is 0.787. The average molecular weight is 408 g/mol. The number of amides is 2. The molecule has 4 rings (SSSR count). The van der Waals surface area contributed by atoms with Crippen LogP contribution in [0, 0.1) is 0 Å². The maximum Gasteiger partial charge on any atom is 0.350 e. The maximum absolute atomic E-state index is 12.6. The van der Waals surface area contributed by atoms with Gasteiger partial charge in [-0.05, 0) is 61.6 Å². The number of nitrogens with zero attached hydrogens (tertiary/aromatic N) is 1. The molecule has 156 valence electrons. The minimum Gasteiger partial charge on any atom is -0.475 e. The standard InChI is InChI=1S/C23H24N2O5/c1-14(22(27)24-18-11-10-16-6-5-7-17(16)12-18)29-23(28)21-13-25(15(2)26)19-8-3-4-9-20(19)30-21/h3-4,8-12,14,21H,5-7,13H2,1-2H3,(H,24,27)/t14-,21+/m1/s1. The summed E-state index contributed by atoms with van der Waals surface area (Å²) in [4.78, 5) is 38.6. The molecule has 0 bridgehead atoms. The van der Waals surface area contributed by atoms with Gasteiger partial charge in [0, 0.05) is 12.6 Å². The van der Waals surface area contributed by atoms with Crippen LogP contribution < -0.4 is 15.0 Å². The van der Waals surface area contributed by atoms with Gasteiger partial charge in [0.2, 0.25) is 12.0 Å². The van der Waals surface area contributed by atoms with Crippen LogP contribution in [0.3, 0.4) is 0 Å². The number of anilines is 2. The Bertz CT molecular complexity index is 1000. The van der Waals surface area contributed by atoms with Gasteiger partial charge in [0.05, 0.1) is 12.2 Å². The van der Waals surface area contributed by atoms with Crippen LogP contribution in [-0.2, 0) is 32.0 Å². The number of rotatable bonds is 4. The van der Waals surface area contributed by atoms with E-state index >= 15 is 0 Å². The van der Waals surface area contributed by atoms with Crippen LogP contribution in [0.5, 0.6) is 5.75 Å². The molecule has 1 N–H and O–H groups in total. The summed E-state index contributed by atoms with van der Waals surface area (Å²) >= 11 is 0. The lowest BCUT2D eigenvalue weighted by Crippen LogP contribution is -2.48. The first-order valence-electron chi connectivity index (χ1n) is 10.1. The van der Waals surface area contributed by atoms with Crippen molar-refractivity contribution in [1.29, 1.82) is 0 Å². The summed E-state index contributed by atoms with van der Waals surface area (Å²) in [6.45, 7) is 2.97. The second kappa shape index (κ2) is 8.18. The SMILES string of the molecule is CC(=O)N1C[C@@H](C(=O)O[C@H](C)C(=O)Nc2ccc3c(c2)CCC3)Oc2ccccc21. The normalized spacial score (nSPS) is 17.9. The van der Waals surface area contributed by atoms with E-state index in [1.54, 1.807) is 24.3 Å². The molecule has 2 aromatic carbocycles. The third-order valence-corrected chi connectivity index (χ3v) is 5.44. The molecule has 2 amide bonds. The summed E-state index contributed by atoms with van der Waals surface area (Å²) < 4.78 is 11.1. The van der Waals surface area contributed by atoms with Crippen LogP contribution in [0.2, 0.25) is 0 Å². The van der Waals surface area contributed by atoms with E-state index in [4.69, 9.17) is 9.47 Å². The molecule has 0 fully saturated rings. The lowest BCUT2D eigenvalue weighted by Gasteiger charge is -2.33. The van der Waals surface area contributed by atoms with Crippen LogP contribution in [0.4, 0.5) is 11.4 Å². The Morgan fingerprint density at radius 2 is 1.90 bits per heavy atom. The number of ether oxygens (including phenoxy) is 2. The first-order chi connectivity index (χ1) is 14.4. The van der Waals surface area contributed by atoms with Crippen molar-refractivity contribution in [3.8, 4) is 5.75 Å². The largest absolute Gasteiger partial charge is 0.475 e. The smallest absolute Gasteiger partial charge is 0.350 e. The zero-order valence-corrected chi connectivity index (χ0v) is 17.0. The van der Waals surface area contributed by atoms with Crippen molar-refractivity contribution in [2.24, 2.45) is 0 Å². The number of carbonyl (C=O) groups excluding carboxylic acids is 3. The number of aryl methyl sites for hydroxylation is 2. The Morgan fingerprint density at radius 3 is 2.70 bits per heavy atom. The zero-order chi connectivity index (χ0) is 21.3. The van der Waals surface area contributed by atoms with Gasteiger partial charge < -0.3 is 19.7 Å². The molecule has 7 heteroatoms. The van der Waals surface area contributed by atoms with Crippen molar-refractivity contribution >= 4 is 29.2 Å². The van der Waals surface area contributed by atoms with Crippen molar-refractivity contribution < 1.29 is 23.9 Å². The highest BCUT2D eigenvalue weighted by atomic mass is 16.6. The Kier molecular flexibility index (Phi) is 5.44. The van der Waals surface area contributed by atoms with Crippen molar-refractivity contribution in [2.75, 3.05) is 16.8 Å². The number of benzene rings is 2. The zero-order valence-electron chi connectivity index (χ0n) is 17.0. The minimum atomic E-state index is -1.00. The van der Waals surface area contributed by atoms with Crippen LogP contribution in [0.15, 0.2) is 42.5 Å². The van der Waals surface area contributed by atoms with Gasteiger partial charge in [-0.25, -0.2) is 4.79 Å². The number of nitrogens with one attached hydrogen (secondary N) is 1. The summed E-state index contributed by atoms with van der Waals surface area (Å²) in [5.74, 6) is -0.879. The highest BCUT2D eigenvalue weighted by Gasteiger charge is 2.35. The molecule has 0 aromatic heterocycles. The monoisotopic (exact) mass is 408 g/mol. The second-order valence-electron chi connectivity index (χ2n) is 7.61. The molecule has 2 aliphatic rings. The van der Waals surface area contributed by atoms with Gasteiger partial charge in [-0.3, -0.25) is 9.59 Å². The molecule has 7 nitrogen and oxygen atoms in total. The van der Waals surface area contributed by atoms with Crippen LogP contribution in [0.25, 0.3) is 0 Å². The predicted molar refractivity (Wildman–Crippen MR) is 112 cm³/mol. The van der Waals surface area contributed by atoms with E-state index in [1.807, 2.05) is 18.2 Å². The Labute approximate surface area is 175 Å². The summed E-state index contributed by atoms with van der Waals surface area (Å²) in [7, 11) is 0. The molecule has 1 aliphatic carbocycles. The summed E-state index contributed by atoms with van der Waals surface area (Å²) in [5, 5.41) is 2.80. The van der Waals surface area contributed by atoms with E-state index in [2.05, 4.69) is 5.32 Å².